The van der Waals surface area contributed by atoms with Crippen LogP contribution < -0.4 is 5.32 Å². The molecular formula is C14H17N3. The van der Waals surface area contributed by atoms with E-state index in [4.69, 9.17) is 0 Å². The fraction of sp³-hybridized carbons (Fsp3) is 0.286. The van der Waals surface area contributed by atoms with Gasteiger partial charge in [0.05, 0.1) is 17.4 Å². The number of benzene rings is 1. The maximum absolute atomic E-state index is 4.37. The van der Waals surface area contributed by atoms with Crippen molar-refractivity contribution in [1.82, 2.24) is 9.97 Å². The molecule has 1 aromatic carbocycles. The Morgan fingerprint density at radius 3 is 2.29 bits per heavy atom. The summed E-state index contributed by atoms with van der Waals surface area (Å²) in [6, 6.07) is 8.51. The van der Waals surface area contributed by atoms with Crippen molar-refractivity contribution in [3.8, 4) is 0 Å². The predicted octanol–water partition coefficient (Wildman–Crippen LogP) is 3.27. The predicted molar refractivity (Wildman–Crippen MR) is 70.0 cm³/mol. The van der Waals surface area contributed by atoms with Crippen LogP contribution in [0.4, 0.5) is 5.69 Å². The third-order valence-electron chi connectivity index (χ3n) is 2.76. The second-order valence-electron chi connectivity index (χ2n) is 4.26. The minimum atomic E-state index is 0.159. The Hall–Kier alpha value is -1.90. The van der Waals surface area contributed by atoms with Crippen molar-refractivity contribution in [3.05, 3.63) is 53.6 Å². The van der Waals surface area contributed by atoms with Crippen molar-refractivity contribution >= 4 is 5.69 Å². The van der Waals surface area contributed by atoms with Gasteiger partial charge in [0, 0.05) is 18.1 Å². The SMILES string of the molecule is Cc1ccc(NC(C)c2nccnc2C)cc1. The van der Waals surface area contributed by atoms with Gasteiger partial charge in [0.25, 0.3) is 0 Å². The minimum absolute atomic E-state index is 0.159. The smallest absolute Gasteiger partial charge is 0.0835 e. The summed E-state index contributed by atoms with van der Waals surface area (Å²) in [6.07, 6.45) is 3.45. The summed E-state index contributed by atoms with van der Waals surface area (Å²) in [5.41, 5.74) is 4.33. The number of hydrogen-bond donors (Lipinski definition) is 1. The van der Waals surface area contributed by atoms with Crippen LogP contribution in [-0.2, 0) is 0 Å². The molecule has 3 heteroatoms. The van der Waals surface area contributed by atoms with Crippen LogP contribution in [0.2, 0.25) is 0 Å². The molecule has 0 aliphatic heterocycles. The molecule has 0 fully saturated rings. The Bertz CT molecular complexity index is 491. The highest BCUT2D eigenvalue weighted by Crippen LogP contribution is 2.19. The number of aromatic nitrogens is 2. The van der Waals surface area contributed by atoms with E-state index < -0.39 is 0 Å². The van der Waals surface area contributed by atoms with Gasteiger partial charge >= 0.3 is 0 Å². The van der Waals surface area contributed by atoms with E-state index in [9.17, 15) is 0 Å². The second kappa shape index (κ2) is 4.95. The zero-order valence-electron chi connectivity index (χ0n) is 10.4. The van der Waals surface area contributed by atoms with Crippen LogP contribution in [0.1, 0.15) is 29.9 Å². The van der Waals surface area contributed by atoms with Crippen molar-refractivity contribution in [2.24, 2.45) is 0 Å². The molecular weight excluding hydrogens is 210 g/mol. The Labute approximate surface area is 102 Å². The van der Waals surface area contributed by atoms with Crippen LogP contribution >= 0.6 is 0 Å². The van der Waals surface area contributed by atoms with Crippen LogP contribution in [0.15, 0.2) is 36.7 Å². The number of aryl methyl sites for hydroxylation is 2. The van der Waals surface area contributed by atoms with Crippen molar-refractivity contribution in [2.45, 2.75) is 26.8 Å². The third-order valence-corrected chi connectivity index (χ3v) is 2.76. The fourth-order valence-electron chi connectivity index (χ4n) is 1.81. The summed E-state index contributed by atoms with van der Waals surface area (Å²) >= 11 is 0. The van der Waals surface area contributed by atoms with E-state index in [2.05, 4.69) is 53.4 Å². The summed E-state index contributed by atoms with van der Waals surface area (Å²) in [7, 11) is 0. The molecule has 1 aromatic heterocycles. The van der Waals surface area contributed by atoms with Crippen molar-refractivity contribution in [1.29, 1.82) is 0 Å². The molecule has 17 heavy (non-hydrogen) atoms. The molecule has 2 rings (SSSR count). The molecule has 0 aliphatic carbocycles. The Morgan fingerprint density at radius 1 is 1.00 bits per heavy atom. The first-order chi connectivity index (χ1) is 8.16. The molecule has 0 spiro atoms. The quantitative estimate of drug-likeness (QED) is 0.874. The number of anilines is 1. The summed E-state index contributed by atoms with van der Waals surface area (Å²) in [5, 5.41) is 3.42. The molecule has 1 atom stereocenters. The highest BCUT2D eigenvalue weighted by molar-refractivity contribution is 5.46. The normalized spacial score (nSPS) is 12.2. The summed E-state index contributed by atoms with van der Waals surface area (Å²) in [5.74, 6) is 0. The molecule has 1 N–H and O–H groups in total. The van der Waals surface area contributed by atoms with Crippen LogP contribution in [0, 0.1) is 13.8 Å². The molecule has 0 aliphatic rings. The average molecular weight is 227 g/mol. The highest BCUT2D eigenvalue weighted by atomic mass is 15.0. The monoisotopic (exact) mass is 227 g/mol. The van der Waals surface area contributed by atoms with Gasteiger partial charge in [-0.05, 0) is 32.9 Å². The van der Waals surface area contributed by atoms with E-state index >= 15 is 0 Å². The summed E-state index contributed by atoms with van der Waals surface area (Å²) in [6.45, 7) is 6.16. The number of nitrogens with one attached hydrogen (secondary N) is 1. The van der Waals surface area contributed by atoms with Gasteiger partial charge in [0.15, 0.2) is 0 Å². The first-order valence-electron chi connectivity index (χ1n) is 5.77. The van der Waals surface area contributed by atoms with Gasteiger partial charge in [-0.2, -0.15) is 0 Å². The molecule has 3 nitrogen and oxygen atoms in total. The minimum Gasteiger partial charge on any atom is -0.377 e. The third kappa shape index (κ3) is 2.81. The Balaban J connectivity index is 2.14. The standard InChI is InChI=1S/C14H17N3/c1-10-4-6-13(7-5-10)17-12(3)14-11(2)15-8-9-16-14/h4-9,12,17H,1-3H3. The van der Waals surface area contributed by atoms with E-state index in [1.54, 1.807) is 12.4 Å². The summed E-state index contributed by atoms with van der Waals surface area (Å²) < 4.78 is 0. The molecule has 0 radical (unpaired) electrons. The van der Waals surface area contributed by atoms with Crippen LogP contribution in [0.25, 0.3) is 0 Å². The molecule has 0 amide bonds. The molecule has 1 unspecified atom stereocenters. The average Bonchev–Trinajstić information content (AvgIpc) is 2.32. The Kier molecular flexibility index (Phi) is 3.38. The van der Waals surface area contributed by atoms with Gasteiger partial charge in [-0.25, -0.2) is 0 Å². The van der Waals surface area contributed by atoms with Crippen molar-refractivity contribution in [2.75, 3.05) is 5.32 Å². The lowest BCUT2D eigenvalue weighted by atomic mass is 10.1. The largest absolute Gasteiger partial charge is 0.377 e. The van der Waals surface area contributed by atoms with E-state index in [0.29, 0.717) is 0 Å². The van der Waals surface area contributed by atoms with Gasteiger partial charge in [-0.1, -0.05) is 17.7 Å². The zero-order chi connectivity index (χ0) is 12.3. The maximum Gasteiger partial charge on any atom is 0.0835 e. The topological polar surface area (TPSA) is 37.8 Å². The highest BCUT2D eigenvalue weighted by Gasteiger charge is 2.09. The van der Waals surface area contributed by atoms with E-state index in [0.717, 1.165) is 17.1 Å². The van der Waals surface area contributed by atoms with Gasteiger partial charge in [-0.15, -0.1) is 0 Å². The molecule has 0 saturated carbocycles. The lowest BCUT2D eigenvalue weighted by Gasteiger charge is -2.16. The van der Waals surface area contributed by atoms with Crippen LogP contribution in [0.3, 0.4) is 0 Å². The van der Waals surface area contributed by atoms with E-state index in [-0.39, 0.29) is 6.04 Å². The lowest BCUT2D eigenvalue weighted by Crippen LogP contribution is -2.10. The van der Waals surface area contributed by atoms with E-state index in [1.807, 2.05) is 6.92 Å². The van der Waals surface area contributed by atoms with Gasteiger partial charge in [0.1, 0.15) is 0 Å². The zero-order valence-corrected chi connectivity index (χ0v) is 10.4. The molecule has 88 valence electrons. The van der Waals surface area contributed by atoms with Gasteiger partial charge in [-0.3, -0.25) is 9.97 Å². The lowest BCUT2D eigenvalue weighted by molar-refractivity contribution is 0.810. The van der Waals surface area contributed by atoms with Crippen molar-refractivity contribution in [3.63, 3.8) is 0 Å². The van der Waals surface area contributed by atoms with Crippen molar-refractivity contribution < 1.29 is 0 Å². The van der Waals surface area contributed by atoms with Crippen LogP contribution in [0.5, 0.6) is 0 Å². The number of hydrogen-bond acceptors (Lipinski definition) is 3. The van der Waals surface area contributed by atoms with Gasteiger partial charge in [0.2, 0.25) is 0 Å². The second-order valence-corrected chi connectivity index (χ2v) is 4.26. The van der Waals surface area contributed by atoms with E-state index in [1.165, 1.54) is 5.56 Å². The molecule has 2 aromatic rings. The maximum atomic E-state index is 4.37. The summed E-state index contributed by atoms with van der Waals surface area (Å²) in [4.78, 5) is 8.62. The number of rotatable bonds is 3. The number of nitrogens with zero attached hydrogens (tertiary/aromatic N) is 2. The van der Waals surface area contributed by atoms with Crippen LogP contribution in [-0.4, -0.2) is 9.97 Å². The Morgan fingerprint density at radius 2 is 1.65 bits per heavy atom. The first kappa shape index (κ1) is 11.6. The first-order valence-corrected chi connectivity index (χ1v) is 5.77. The molecule has 0 saturated heterocycles. The molecule has 0 bridgehead atoms. The molecule has 1 heterocycles. The fourth-order valence-corrected chi connectivity index (χ4v) is 1.81. The van der Waals surface area contributed by atoms with Gasteiger partial charge < -0.3 is 5.32 Å².